The molecule has 7 aromatic rings. The Morgan fingerprint density at radius 3 is 1.77 bits per heavy atom. The molecule has 6 nitrogen and oxygen atoms in total. The molecule has 0 radical (unpaired) electrons. The molecule has 0 fully saturated rings. The van der Waals surface area contributed by atoms with Crippen molar-refractivity contribution in [1.29, 1.82) is 5.41 Å². The highest BCUT2D eigenvalue weighted by molar-refractivity contribution is 7.79. The Bertz CT molecular complexity index is 2290. The first-order valence-electron chi connectivity index (χ1n) is 15.1. The number of hydrogen-bond acceptors (Lipinski definition) is 7. The van der Waals surface area contributed by atoms with Gasteiger partial charge in [0.25, 0.3) is 0 Å². The Balaban J connectivity index is 1.22. The minimum atomic E-state index is 0.321. The van der Waals surface area contributed by atoms with Crippen LogP contribution in [0.4, 0.5) is 0 Å². The highest BCUT2D eigenvalue weighted by Gasteiger charge is 2.24. The molecule has 3 aromatic carbocycles. The summed E-state index contributed by atoms with van der Waals surface area (Å²) >= 11 is 4.28. The summed E-state index contributed by atoms with van der Waals surface area (Å²) in [5.74, 6) is 0. The fourth-order valence-electron chi connectivity index (χ4n) is 6.02. The van der Waals surface area contributed by atoms with Crippen LogP contribution in [0.25, 0.3) is 73.3 Å². The van der Waals surface area contributed by atoms with Crippen molar-refractivity contribution < 1.29 is 0 Å². The molecule has 1 aliphatic carbocycles. The van der Waals surface area contributed by atoms with Gasteiger partial charge < -0.3 is 0 Å². The Kier molecular flexibility index (Phi) is 7.28. The first kappa shape index (κ1) is 28.4. The Morgan fingerprint density at radius 2 is 1.15 bits per heavy atom. The van der Waals surface area contributed by atoms with Gasteiger partial charge in [0, 0.05) is 34.5 Å². The van der Waals surface area contributed by atoms with Crippen LogP contribution in [-0.2, 0) is 0 Å². The summed E-state index contributed by atoms with van der Waals surface area (Å²) in [4.78, 5) is 19.1. The van der Waals surface area contributed by atoms with Crippen LogP contribution < -0.4 is 0 Å². The molecule has 47 heavy (non-hydrogen) atoms. The van der Waals surface area contributed by atoms with E-state index in [1.165, 1.54) is 0 Å². The second kappa shape index (κ2) is 12.0. The molecule has 1 N–H and O–H groups in total. The van der Waals surface area contributed by atoms with E-state index in [-0.39, 0.29) is 0 Å². The van der Waals surface area contributed by atoms with Gasteiger partial charge in [-0.05, 0) is 95.8 Å². The van der Waals surface area contributed by atoms with E-state index in [2.05, 4.69) is 87.8 Å². The van der Waals surface area contributed by atoms with Crippen LogP contribution in [0.15, 0.2) is 144 Å². The summed E-state index contributed by atoms with van der Waals surface area (Å²) in [6, 6.07) is 40.7. The van der Waals surface area contributed by atoms with Crippen LogP contribution in [0.2, 0.25) is 0 Å². The second-order valence-corrected chi connectivity index (χ2v) is 11.4. The molecule has 0 unspecified atom stereocenters. The zero-order valence-electron chi connectivity index (χ0n) is 25.0. The summed E-state index contributed by atoms with van der Waals surface area (Å²) < 4.78 is 4.25. The fraction of sp³-hybridized carbons (Fsp3) is 0. The summed E-state index contributed by atoms with van der Waals surface area (Å²) in [5, 5.41) is 9.52. The smallest absolute Gasteiger partial charge is 0.104 e. The molecule has 1 aliphatic rings. The van der Waals surface area contributed by atoms with Crippen LogP contribution in [0.1, 0.15) is 11.1 Å². The largest absolute Gasteiger partial charge is 0.299 e. The number of hydrogen-bond donors (Lipinski definition) is 2. The lowest BCUT2D eigenvalue weighted by Gasteiger charge is -2.20. The third kappa shape index (κ3) is 5.32. The number of benzene rings is 3. The molecular formula is C40H26N6S. The predicted octanol–water partition coefficient (Wildman–Crippen LogP) is 9.44. The number of thiol groups is 1. The molecule has 0 saturated carbocycles. The molecule has 4 heterocycles. The average Bonchev–Trinajstić information content (AvgIpc) is 3.15. The van der Waals surface area contributed by atoms with Gasteiger partial charge in [-0.2, -0.15) is 0 Å². The first-order chi connectivity index (χ1) is 23.2. The third-order valence-electron chi connectivity index (χ3n) is 8.31. The van der Waals surface area contributed by atoms with Crippen LogP contribution in [-0.4, -0.2) is 31.4 Å². The highest BCUT2D eigenvalue weighted by Crippen LogP contribution is 2.37. The van der Waals surface area contributed by atoms with Crippen molar-refractivity contribution in [3.05, 3.63) is 151 Å². The maximum atomic E-state index is 8.59. The quantitative estimate of drug-likeness (QED) is 0.187. The number of nitrogens with one attached hydrogen (secondary N) is 1. The van der Waals surface area contributed by atoms with Gasteiger partial charge in [-0.3, -0.25) is 15.4 Å². The summed E-state index contributed by atoms with van der Waals surface area (Å²) in [5.41, 5.74) is 12.7. The normalized spacial score (nSPS) is 13.2. The molecule has 4 aromatic heterocycles. The molecule has 222 valence electrons. The first-order valence-corrected chi connectivity index (χ1v) is 15.5. The van der Waals surface area contributed by atoms with Gasteiger partial charge in [0.2, 0.25) is 0 Å². The summed E-state index contributed by atoms with van der Waals surface area (Å²) in [7, 11) is 0. The van der Waals surface area contributed by atoms with Gasteiger partial charge in [-0.25, -0.2) is 14.4 Å². The van der Waals surface area contributed by atoms with Gasteiger partial charge in [0.1, 0.15) is 5.71 Å². The van der Waals surface area contributed by atoms with E-state index in [0.717, 1.165) is 78.3 Å². The molecule has 0 saturated heterocycles. The molecular weight excluding hydrogens is 597 g/mol. The minimum Gasteiger partial charge on any atom is -0.299 e. The molecule has 0 bridgehead atoms. The zero-order chi connectivity index (χ0) is 31.7. The van der Waals surface area contributed by atoms with E-state index in [1.54, 1.807) is 18.5 Å². The number of aromatic nitrogens is 4. The Labute approximate surface area is 277 Å². The Morgan fingerprint density at radius 1 is 0.532 bits per heavy atom. The van der Waals surface area contributed by atoms with E-state index in [0.29, 0.717) is 11.4 Å². The highest BCUT2D eigenvalue weighted by atomic mass is 32.1. The second-order valence-electron chi connectivity index (χ2n) is 11.2. The number of fused-ring (bicyclic) bond motifs is 3. The maximum Gasteiger partial charge on any atom is 0.104 e. The van der Waals surface area contributed by atoms with Gasteiger partial charge >= 0.3 is 0 Å². The molecule has 0 atom stereocenters. The molecule has 8 rings (SSSR count). The standard InChI is InChI=1S/C40H26N6S/c41-32-18-17-30-38(40(32)46-47)31-22-28(16-19-33(31)45-39(30)27-8-2-1-3-9-27)25-12-14-26(15-13-25)29-23-36(34-10-4-6-20-42-34)44-37(24-29)35-11-5-7-21-43-35/h1-24,41,47H/b41-32?,46-40+. The molecule has 0 aliphatic heterocycles. The van der Waals surface area contributed by atoms with Crippen LogP contribution in [0, 0.1) is 5.41 Å². The van der Waals surface area contributed by atoms with Crippen molar-refractivity contribution in [2.45, 2.75) is 0 Å². The Hall–Kier alpha value is -6.05. The summed E-state index contributed by atoms with van der Waals surface area (Å²) in [6.07, 6.45) is 7.28. The van der Waals surface area contributed by atoms with Gasteiger partial charge in [0.15, 0.2) is 0 Å². The van der Waals surface area contributed by atoms with Crippen molar-refractivity contribution in [1.82, 2.24) is 19.9 Å². The third-order valence-corrected chi connectivity index (χ3v) is 8.51. The fourth-order valence-corrected chi connectivity index (χ4v) is 6.23. The topological polar surface area (TPSA) is 87.8 Å². The summed E-state index contributed by atoms with van der Waals surface area (Å²) in [6.45, 7) is 0. The maximum absolute atomic E-state index is 8.59. The predicted molar refractivity (Wildman–Crippen MR) is 195 cm³/mol. The lowest BCUT2D eigenvalue weighted by Crippen LogP contribution is -2.18. The van der Waals surface area contributed by atoms with Gasteiger partial charge in [-0.1, -0.05) is 72.8 Å². The SMILES string of the molecule is N=C1C=Cc2c(-c3ccccc3)nc3ccc(-c4ccc(-c5cc(-c6ccccn6)nc(-c6ccccn6)c5)cc4)cc3c2/C1=N/S. The number of pyridine rings is 4. The lowest BCUT2D eigenvalue weighted by atomic mass is 9.87. The average molecular weight is 623 g/mol. The zero-order valence-corrected chi connectivity index (χ0v) is 25.9. The molecule has 0 amide bonds. The van der Waals surface area contributed by atoms with Crippen molar-refractivity contribution in [2.24, 2.45) is 4.40 Å². The van der Waals surface area contributed by atoms with E-state index in [4.69, 9.17) is 15.4 Å². The number of nitrogens with zero attached hydrogens (tertiary/aromatic N) is 5. The van der Waals surface area contributed by atoms with E-state index in [9.17, 15) is 0 Å². The monoisotopic (exact) mass is 622 g/mol. The van der Waals surface area contributed by atoms with Crippen molar-refractivity contribution >= 4 is 41.2 Å². The van der Waals surface area contributed by atoms with Crippen LogP contribution in [0.3, 0.4) is 0 Å². The van der Waals surface area contributed by atoms with E-state index < -0.39 is 0 Å². The van der Waals surface area contributed by atoms with Gasteiger partial charge in [-0.15, -0.1) is 0 Å². The lowest BCUT2D eigenvalue weighted by molar-refractivity contribution is 1.22. The van der Waals surface area contributed by atoms with Crippen molar-refractivity contribution in [3.8, 4) is 56.3 Å². The van der Waals surface area contributed by atoms with Crippen molar-refractivity contribution in [3.63, 3.8) is 0 Å². The van der Waals surface area contributed by atoms with Crippen molar-refractivity contribution in [2.75, 3.05) is 0 Å². The van der Waals surface area contributed by atoms with E-state index >= 15 is 0 Å². The minimum absolute atomic E-state index is 0.321. The van der Waals surface area contributed by atoms with Crippen LogP contribution in [0.5, 0.6) is 0 Å². The molecule has 0 spiro atoms. The molecule has 7 heteroatoms. The van der Waals surface area contributed by atoms with E-state index in [1.807, 2.05) is 66.7 Å². The number of rotatable bonds is 5. The number of allylic oxidation sites excluding steroid dienone is 1. The van der Waals surface area contributed by atoms with Gasteiger partial charge in [0.05, 0.1) is 39.7 Å². The van der Waals surface area contributed by atoms with Crippen LogP contribution >= 0.6 is 12.8 Å².